The standard InChI is InChI=1S/C23H19ClF4N2O5S/c1-34-20-10-8-15(12-21(20)35-2)36(32,33)30(19-6-4-3-5-18(19)25)13-22(31)29-14-7-9-17(24)16(11-14)23(26,27)28/h3-12H,13H2,1-2H3,(H,29,31). The van der Waals surface area contributed by atoms with Crippen LogP contribution < -0.4 is 19.1 Å². The van der Waals surface area contributed by atoms with E-state index < -0.39 is 50.7 Å². The molecule has 1 amide bonds. The van der Waals surface area contributed by atoms with E-state index in [1.54, 1.807) is 0 Å². The van der Waals surface area contributed by atoms with Gasteiger partial charge in [-0.15, -0.1) is 0 Å². The lowest BCUT2D eigenvalue weighted by Gasteiger charge is -2.25. The number of sulfonamides is 1. The first-order valence-corrected chi connectivity index (χ1v) is 11.9. The predicted molar refractivity (Wildman–Crippen MR) is 126 cm³/mol. The molecule has 0 unspecified atom stereocenters. The summed E-state index contributed by atoms with van der Waals surface area (Å²) in [6.07, 6.45) is -4.78. The Morgan fingerprint density at radius 3 is 2.28 bits per heavy atom. The van der Waals surface area contributed by atoms with Crippen LogP contribution in [0.4, 0.5) is 28.9 Å². The van der Waals surface area contributed by atoms with E-state index in [2.05, 4.69) is 5.32 Å². The lowest BCUT2D eigenvalue weighted by molar-refractivity contribution is -0.137. The molecule has 0 saturated carbocycles. The van der Waals surface area contributed by atoms with Gasteiger partial charge in [-0.2, -0.15) is 13.2 Å². The van der Waals surface area contributed by atoms with E-state index in [9.17, 15) is 30.8 Å². The van der Waals surface area contributed by atoms with Gasteiger partial charge in [0, 0.05) is 11.8 Å². The second-order valence-corrected chi connectivity index (χ2v) is 9.49. The van der Waals surface area contributed by atoms with Crippen LogP contribution in [0.25, 0.3) is 0 Å². The topological polar surface area (TPSA) is 84.9 Å². The molecule has 3 aromatic rings. The molecule has 0 aliphatic rings. The van der Waals surface area contributed by atoms with Gasteiger partial charge in [0.25, 0.3) is 10.0 Å². The van der Waals surface area contributed by atoms with Gasteiger partial charge >= 0.3 is 6.18 Å². The minimum absolute atomic E-state index is 0.0670. The predicted octanol–water partition coefficient (Wildman–Crippen LogP) is 5.35. The number of nitrogens with one attached hydrogen (secondary N) is 1. The van der Waals surface area contributed by atoms with Gasteiger partial charge in [-0.3, -0.25) is 9.10 Å². The number of ether oxygens (including phenoxy) is 2. The number of para-hydroxylation sites is 1. The third-order valence-electron chi connectivity index (χ3n) is 4.91. The third-order valence-corrected chi connectivity index (χ3v) is 6.99. The average Bonchev–Trinajstić information content (AvgIpc) is 2.83. The van der Waals surface area contributed by atoms with Crippen molar-refractivity contribution >= 4 is 38.9 Å². The number of carbonyl (C=O) groups is 1. The van der Waals surface area contributed by atoms with Gasteiger partial charge in [0.2, 0.25) is 5.91 Å². The Labute approximate surface area is 209 Å². The number of hydrogen-bond acceptors (Lipinski definition) is 5. The van der Waals surface area contributed by atoms with Crippen LogP contribution in [0.1, 0.15) is 5.56 Å². The van der Waals surface area contributed by atoms with Gasteiger partial charge in [-0.05, 0) is 42.5 Å². The molecule has 7 nitrogen and oxygen atoms in total. The number of benzene rings is 3. The minimum Gasteiger partial charge on any atom is -0.493 e. The summed E-state index contributed by atoms with van der Waals surface area (Å²) in [5.41, 5.74) is -1.92. The van der Waals surface area contributed by atoms with E-state index in [4.69, 9.17) is 21.1 Å². The lowest BCUT2D eigenvalue weighted by atomic mass is 10.2. The Kier molecular flexibility index (Phi) is 7.99. The fourth-order valence-electron chi connectivity index (χ4n) is 3.21. The van der Waals surface area contributed by atoms with E-state index in [0.717, 1.165) is 30.3 Å². The molecule has 0 aliphatic carbocycles. The summed E-state index contributed by atoms with van der Waals surface area (Å²) < 4.78 is 91.8. The number of rotatable bonds is 8. The zero-order chi connectivity index (χ0) is 26.7. The van der Waals surface area contributed by atoms with Gasteiger partial charge in [0.05, 0.1) is 35.4 Å². The Morgan fingerprint density at radius 2 is 1.67 bits per heavy atom. The van der Waals surface area contributed by atoms with Crippen molar-refractivity contribution < 1.29 is 40.2 Å². The molecule has 0 heterocycles. The third kappa shape index (κ3) is 5.82. The first-order valence-electron chi connectivity index (χ1n) is 10.0. The van der Waals surface area contributed by atoms with Crippen molar-refractivity contribution in [3.63, 3.8) is 0 Å². The van der Waals surface area contributed by atoms with Gasteiger partial charge in [-0.1, -0.05) is 23.7 Å². The molecule has 13 heteroatoms. The van der Waals surface area contributed by atoms with Crippen molar-refractivity contribution in [3.8, 4) is 11.5 Å². The number of alkyl halides is 3. The Balaban J connectivity index is 2.00. The fraction of sp³-hybridized carbons (Fsp3) is 0.174. The van der Waals surface area contributed by atoms with Crippen molar-refractivity contribution in [2.45, 2.75) is 11.1 Å². The molecular formula is C23H19ClF4N2O5S. The summed E-state index contributed by atoms with van der Waals surface area (Å²) in [5, 5.41) is 1.62. The number of amides is 1. The van der Waals surface area contributed by atoms with Gasteiger partial charge in [-0.25, -0.2) is 12.8 Å². The molecule has 0 saturated heterocycles. The van der Waals surface area contributed by atoms with E-state index in [0.29, 0.717) is 10.4 Å². The van der Waals surface area contributed by atoms with Gasteiger partial charge in [0.1, 0.15) is 12.4 Å². The van der Waals surface area contributed by atoms with Crippen molar-refractivity contribution in [2.75, 3.05) is 30.4 Å². The van der Waals surface area contributed by atoms with Crippen LogP contribution in [-0.2, 0) is 21.0 Å². The molecule has 0 bridgehead atoms. The average molecular weight is 547 g/mol. The number of nitrogens with zero attached hydrogens (tertiary/aromatic N) is 1. The van der Waals surface area contributed by atoms with Crippen molar-refractivity contribution in [2.24, 2.45) is 0 Å². The first kappa shape index (κ1) is 27.1. The number of carbonyl (C=O) groups excluding carboxylic acids is 1. The van der Waals surface area contributed by atoms with Crippen LogP contribution in [-0.4, -0.2) is 35.1 Å². The highest BCUT2D eigenvalue weighted by molar-refractivity contribution is 7.92. The van der Waals surface area contributed by atoms with Crippen LogP contribution in [0.2, 0.25) is 5.02 Å². The Hall–Kier alpha value is -3.51. The highest BCUT2D eigenvalue weighted by Crippen LogP contribution is 2.36. The quantitative estimate of drug-likeness (QED) is 0.385. The number of hydrogen-bond donors (Lipinski definition) is 1. The maximum absolute atomic E-state index is 14.6. The maximum atomic E-state index is 14.6. The second kappa shape index (κ2) is 10.6. The molecule has 0 radical (unpaired) electrons. The molecule has 3 aromatic carbocycles. The molecule has 3 rings (SSSR count). The molecule has 36 heavy (non-hydrogen) atoms. The smallest absolute Gasteiger partial charge is 0.417 e. The van der Waals surface area contributed by atoms with Crippen LogP contribution in [0.5, 0.6) is 11.5 Å². The molecule has 192 valence electrons. The summed E-state index contributed by atoms with van der Waals surface area (Å²) in [7, 11) is -1.92. The zero-order valence-corrected chi connectivity index (χ0v) is 20.3. The first-order chi connectivity index (χ1) is 16.9. The van der Waals surface area contributed by atoms with E-state index >= 15 is 0 Å². The van der Waals surface area contributed by atoms with E-state index in [1.807, 2.05) is 0 Å². The van der Waals surface area contributed by atoms with E-state index in [-0.39, 0.29) is 22.1 Å². The van der Waals surface area contributed by atoms with Gasteiger partial charge < -0.3 is 14.8 Å². The highest BCUT2D eigenvalue weighted by atomic mass is 35.5. The Bertz CT molecular complexity index is 1380. The van der Waals surface area contributed by atoms with Crippen molar-refractivity contribution in [1.82, 2.24) is 0 Å². The maximum Gasteiger partial charge on any atom is 0.417 e. The summed E-state index contributed by atoms with van der Waals surface area (Å²) in [6.45, 7) is -0.957. The molecule has 0 aliphatic heterocycles. The van der Waals surface area contributed by atoms with Gasteiger partial charge in [0.15, 0.2) is 11.5 Å². The van der Waals surface area contributed by atoms with Crippen LogP contribution >= 0.6 is 11.6 Å². The van der Waals surface area contributed by atoms with E-state index in [1.165, 1.54) is 38.5 Å². The number of anilines is 2. The second-order valence-electron chi connectivity index (χ2n) is 7.22. The molecule has 0 aromatic heterocycles. The summed E-state index contributed by atoms with van der Waals surface area (Å²) in [4.78, 5) is 12.4. The highest BCUT2D eigenvalue weighted by Gasteiger charge is 2.34. The normalized spacial score (nSPS) is 11.6. The minimum atomic E-state index is -4.78. The molecule has 0 fully saturated rings. The fourth-order valence-corrected chi connectivity index (χ4v) is 4.88. The SMILES string of the molecule is COc1ccc(S(=O)(=O)N(CC(=O)Nc2ccc(Cl)c(C(F)(F)F)c2)c2ccccc2F)cc1OC. The van der Waals surface area contributed by atoms with Crippen LogP contribution in [0.15, 0.2) is 65.6 Å². The summed E-state index contributed by atoms with van der Waals surface area (Å²) >= 11 is 5.59. The van der Waals surface area contributed by atoms with Crippen molar-refractivity contribution in [3.05, 3.63) is 77.1 Å². The molecular weight excluding hydrogens is 528 g/mol. The van der Waals surface area contributed by atoms with Crippen LogP contribution in [0.3, 0.4) is 0 Å². The number of methoxy groups -OCH3 is 2. The lowest BCUT2D eigenvalue weighted by Crippen LogP contribution is -2.38. The largest absolute Gasteiger partial charge is 0.493 e. The zero-order valence-electron chi connectivity index (χ0n) is 18.8. The molecule has 0 spiro atoms. The summed E-state index contributed by atoms with van der Waals surface area (Å²) in [5.74, 6) is -1.68. The van der Waals surface area contributed by atoms with Crippen LogP contribution in [0, 0.1) is 5.82 Å². The molecule has 1 N–H and O–H groups in total. The molecule has 0 atom stereocenters. The Morgan fingerprint density at radius 1 is 1.00 bits per heavy atom. The number of halogens is 5. The summed E-state index contributed by atoms with van der Waals surface area (Å²) in [6, 6.07) is 11.1. The monoisotopic (exact) mass is 546 g/mol. The van der Waals surface area contributed by atoms with Crippen molar-refractivity contribution in [1.29, 1.82) is 0 Å².